The second-order valence-electron chi connectivity index (χ2n) is 9.98. The van der Waals surface area contributed by atoms with Gasteiger partial charge in [-0.15, -0.1) is 0 Å². The van der Waals surface area contributed by atoms with Crippen molar-refractivity contribution in [2.75, 3.05) is 31.1 Å². The molecular formula is C25H29ClN10O3. The van der Waals surface area contributed by atoms with Crippen LogP contribution in [0.15, 0.2) is 35.5 Å². The van der Waals surface area contributed by atoms with Gasteiger partial charge in [-0.2, -0.15) is 0 Å². The Morgan fingerprint density at radius 2 is 1.82 bits per heavy atom. The zero-order chi connectivity index (χ0) is 27.9. The number of rotatable bonds is 3. The SMILES string of the molecule is CC(C)NC(=O)n1cc(C(=O)N2CCC3(CC2)CN=C(NC(=O)c2nc(Cl)c(N)nc2N)N3)c2ccccc21. The topological polar surface area (TPSA) is 186 Å². The van der Waals surface area contributed by atoms with Crippen molar-refractivity contribution in [1.82, 2.24) is 35.4 Å². The predicted octanol–water partition coefficient (Wildman–Crippen LogP) is 1.58. The number of nitrogens with one attached hydrogen (secondary N) is 3. The Bertz CT molecular complexity index is 1510. The van der Waals surface area contributed by atoms with E-state index in [1.165, 1.54) is 4.57 Å². The molecule has 0 unspecified atom stereocenters. The normalized spacial score (nSPS) is 16.3. The summed E-state index contributed by atoms with van der Waals surface area (Å²) in [7, 11) is 0. The maximum Gasteiger partial charge on any atom is 0.326 e. The zero-order valence-corrected chi connectivity index (χ0v) is 22.2. The first-order valence-electron chi connectivity index (χ1n) is 12.5. The number of nitrogens with two attached hydrogens (primary N) is 2. The van der Waals surface area contributed by atoms with E-state index < -0.39 is 11.4 Å². The number of hydrogen-bond acceptors (Lipinski definition) is 9. The van der Waals surface area contributed by atoms with Gasteiger partial charge in [0.05, 0.1) is 23.2 Å². The van der Waals surface area contributed by atoms with Crippen molar-refractivity contribution in [1.29, 1.82) is 0 Å². The molecule has 0 radical (unpaired) electrons. The van der Waals surface area contributed by atoms with E-state index in [0.29, 0.717) is 43.6 Å². The summed E-state index contributed by atoms with van der Waals surface area (Å²) >= 11 is 5.88. The number of nitrogen functional groups attached to an aromatic ring is 2. The smallest absolute Gasteiger partial charge is 0.326 e. The third-order valence-electron chi connectivity index (χ3n) is 6.86. The van der Waals surface area contributed by atoms with Crippen molar-refractivity contribution in [3.63, 3.8) is 0 Å². The van der Waals surface area contributed by atoms with Crippen molar-refractivity contribution in [2.24, 2.45) is 4.99 Å². The minimum absolute atomic E-state index is 0.0403. The molecular weight excluding hydrogens is 524 g/mol. The highest BCUT2D eigenvalue weighted by atomic mass is 35.5. The number of fused-ring (bicyclic) bond motifs is 1. The van der Waals surface area contributed by atoms with Gasteiger partial charge in [0.15, 0.2) is 28.4 Å². The van der Waals surface area contributed by atoms with Crippen molar-refractivity contribution in [3.05, 3.63) is 46.9 Å². The fourth-order valence-corrected chi connectivity index (χ4v) is 4.96. The maximum absolute atomic E-state index is 13.6. The zero-order valence-electron chi connectivity index (χ0n) is 21.5. The van der Waals surface area contributed by atoms with Gasteiger partial charge in [-0.1, -0.05) is 29.8 Å². The number of benzene rings is 1. The molecule has 1 fully saturated rings. The molecule has 39 heavy (non-hydrogen) atoms. The number of aromatic nitrogens is 3. The third-order valence-corrected chi connectivity index (χ3v) is 7.13. The number of para-hydroxylation sites is 1. The molecule has 0 aliphatic carbocycles. The lowest BCUT2D eigenvalue weighted by Crippen LogP contribution is -2.57. The number of amides is 3. The number of piperidine rings is 1. The number of carbonyl (C=O) groups excluding carboxylic acids is 3. The summed E-state index contributed by atoms with van der Waals surface area (Å²) in [6.07, 6.45) is 2.84. The molecule has 2 aliphatic rings. The average molecular weight is 553 g/mol. The van der Waals surface area contributed by atoms with E-state index in [9.17, 15) is 14.4 Å². The molecule has 4 heterocycles. The van der Waals surface area contributed by atoms with Crippen molar-refractivity contribution >= 4 is 57.9 Å². The summed E-state index contributed by atoms with van der Waals surface area (Å²) in [6.45, 7) is 5.16. The van der Waals surface area contributed by atoms with Crippen LogP contribution in [-0.2, 0) is 0 Å². The quantitative estimate of drug-likeness (QED) is 0.324. The summed E-state index contributed by atoms with van der Waals surface area (Å²) in [5.74, 6) is -0.675. The summed E-state index contributed by atoms with van der Waals surface area (Å²) in [5.41, 5.74) is 11.9. The van der Waals surface area contributed by atoms with Gasteiger partial charge in [-0.25, -0.2) is 14.8 Å². The molecule has 3 amide bonds. The van der Waals surface area contributed by atoms with Crippen LogP contribution < -0.4 is 27.4 Å². The second kappa shape index (κ2) is 10.1. The minimum atomic E-state index is -0.615. The van der Waals surface area contributed by atoms with E-state index in [4.69, 9.17) is 23.1 Å². The fraction of sp³-hybridized carbons (Fsp3) is 0.360. The number of anilines is 2. The van der Waals surface area contributed by atoms with Gasteiger partial charge in [0.1, 0.15) is 0 Å². The molecule has 0 bridgehead atoms. The Kier molecular flexibility index (Phi) is 6.76. The Labute approximate surface area is 229 Å². The number of likely N-dealkylation sites (tertiary alicyclic amines) is 1. The van der Waals surface area contributed by atoms with Gasteiger partial charge < -0.3 is 27.0 Å². The summed E-state index contributed by atoms with van der Waals surface area (Å²) in [4.78, 5) is 52.9. The van der Waals surface area contributed by atoms with Crippen LogP contribution in [0.3, 0.4) is 0 Å². The molecule has 0 saturated carbocycles. The molecule has 7 N–H and O–H groups in total. The monoisotopic (exact) mass is 552 g/mol. The van der Waals surface area contributed by atoms with Crippen molar-refractivity contribution in [3.8, 4) is 0 Å². The van der Waals surface area contributed by atoms with Crippen molar-refractivity contribution < 1.29 is 14.4 Å². The first kappa shape index (κ1) is 26.2. The molecule has 3 aromatic rings. The lowest BCUT2D eigenvalue weighted by Gasteiger charge is -2.39. The van der Waals surface area contributed by atoms with Crippen molar-refractivity contribution in [2.45, 2.75) is 38.3 Å². The van der Waals surface area contributed by atoms with Gasteiger partial charge in [0, 0.05) is 30.7 Å². The van der Waals surface area contributed by atoms with Crippen LogP contribution in [0, 0.1) is 0 Å². The molecule has 1 aromatic carbocycles. The molecule has 0 atom stereocenters. The van der Waals surface area contributed by atoms with Gasteiger partial charge in [-0.05, 0) is 32.8 Å². The number of hydrogen-bond donors (Lipinski definition) is 5. The number of nitrogens with zero attached hydrogens (tertiary/aromatic N) is 5. The number of aliphatic imine (C=N–C) groups is 1. The molecule has 204 valence electrons. The molecule has 14 heteroatoms. The molecule has 1 spiro atoms. The summed E-state index contributed by atoms with van der Waals surface area (Å²) in [6, 6.07) is 7.03. The van der Waals surface area contributed by atoms with E-state index in [1.54, 1.807) is 11.1 Å². The van der Waals surface area contributed by atoms with Crippen LogP contribution in [-0.4, -0.2) is 74.5 Å². The summed E-state index contributed by atoms with van der Waals surface area (Å²) < 4.78 is 1.49. The van der Waals surface area contributed by atoms with Crippen LogP contribution >= 0.6 is 11.6 Å². The number of halogens is 1. The highest BCUT2D eigenvalue weighted by molar-refractivity contribution is 6.31. The minimum Gasteiger partial charge on any atom is -0.382 e. The Hall–Kier alpha value is -4.39. The largest absolute Gasteiger partial charge is 0.382 e. The standard InChI is InChI=1S/C25H29ClN10O3/c1-13(2)30-24(39)36-11-15(14-5-3-4-6-16(14)36)22(38)35-9-7-25(8-10-35)12-29-23(34-25)33-21(37)17-19(27)32-20(28)18(26)31-17/h3-6,11,13H,7-10,12H2,1-2H3,(H,30,39)(H4,27,28,32)(H2,29,33,34,37). The van der Waals surface area contributed by atoms with Crippen LogP contribution in [0.4, 0.5) is 16.4 Å². The molecule has 5 rings (SSSR count). The third kappa shape index (κ3) is 5.04. The maximum atomic E-state index is 13.6. The fourth-order valence-electron chi connectivity index (χ4n) is 4.83. The van der Waals surface area contributed by atoms with E-state index in [2.05, 4.69) is 30.9 Å². The molecule has 13 nitrogen and oxygen atoms in total. The van der Waals surface area contributed by atoms with Crippen LogP contribution in [0.2, 0.25) is 5.15 Å². The average Bonchev–Trinajstić information content (AvgIpc) is 3.47. The van der Waals surface area contributed by atoms with E-state index in [0.717, 1.165) is 5.39 Å². The van der Waals surface area contributed by atoms with Crippen LogP contribution in [0.1, 0.15) is 47.5 Å². The lowest BCUT2D eigenvalue weighted by atomic mass is 9.88. The molecule has 2 aromatic heterocycles. The van der Waals surface area contributed by atoms with Gasteiger partial charge in [0.2, 0.25) is 0 Å². The van der Waals surface area contributed by atoms with Crippen LogP contribution in [0.25, 0.3) is 10.9 Å². The predicted molar refractivity (Wildman–Crippen MR) is 148 cm³/mol. The van der Waals surface area contributed by atoms with E-state index in [1.807, 2.05) is 38.1 Å². The second-order valence-corrected chi connectivity index (χ2v) is 10.3. The first-order valence-corrected chi connectivity index (χ1v) is 12.9. The van der Waals surface area contributed by atoms with E-state index in [-0.39, 0.29) is 46.4 Å². The van der Waals surface area contributed by atoms with Crippen LogP contribution in [0.5, 0.6) is 0 Å². The number of carbonyl (C=O) groups is 3. The van der Waals surface area contributed by atoms with Gasteiger partial charge in [-0.3, -0.25) is 24.5 Å². The highest BCUT2D eigenvalue weighted by Crippen LogP contribution is 2.29. The Morgan fingerprint density at radius 3 is 2.54 bits per heavy atom. The van der Waals surface area contributed by atoms with E-state index >= 15 is 0 Å². The molecule has 2 aliphatic heterocycles. The lowest BCUT2D eigenvalue weighted by molar-refractivity contribution is 0.0670. The Morgan fingerprint density at radius 1 is 1.10 bits per heavy atom. The van der Waals surface area contributed by atoms with Gasteiger partial charge >= 0.3 is 6.03 Å². The highest BCUT2D eigenvalue weighted by Gasteiger charge is 2.40. The van der Waals surface area contributed by atoms with Gasteiger partial charge in [0.25, 0.3) is 11.8 Å². The molecule has 1 saturated heterocycles. The Balaban J connectivity index is 1.24. The summed E-state index contributed by atoms with van der Waals surface area (Å²) in [5, 5.41) is 9.43. The first-order chi connectivity index (χ1) is 18.6. The number of guanidine groups is 1.